The number of hydrogen-bond acceptors (Lipinski definition) is 2. The molecule has 2 heteroatoms. The van der Waals surface area contributed by atoms with Crippen molar-refractivity contribution in [3.8, 4) is 0 Å². The molecule has 5 saturated carbocycles. The molecule has 0 radical (unpaired) electrons. The zero-order valence-corrected chi connectivity index (χ0v) is 22.1. The van der Waals surface area contributed by atoms with Crippen LogP contribution < -0.4 is 0 Å². The second kappa shape index (κ2) is 6.86. The van der Waals surface area contributed by atoms with E-state index >= 15 is 0 Å². The first-order valence-electron chi connectivity index (χ1n) is 13.9. The monoisotopic (exact) mass is 442 g/mol. The average molecular weight is 443 g/mol. The average Bonchev–Trinajstić information content (AvgIpc) is 2.75. The molecule has 0 bridgehead atoms. The van der Waals surface area contributed by atoms with Gasteiger partial charge in [-0.05, 0) is 121 Å². The topological polar surface area (TPSA) is 37.3 Å². The predicted octanol–water partition coefficient (Wildman–Crippen LogP) is 7.43. The highest BCUT2D eigenvalue weighted by atomic mass is 16.3. The minimum Gasteiger partial charge on any atom is -0.393 e. The van der Waals surface area contributed by atoms with Crippen molar-refractivity contribution in [3.05, 3.63) is 0 Å². The third-order valence-corrected chi connectivity index (χ3v) is 14.0. The molecule has 0 unspecified atom stereocenters. The molecule has 11 atom stereocenters. The molecule has 0 aromatic rings. The van der Waals surface area contributed by atoms with Gasteiger partial charge in [0.05, 0.1) is 6.10 Å². The van der Waals surface area contributed by atoms with Crippen LogP contribution in [0.1, 0.15) is 119 Å². The minimum absolute atomic E-state index is 0.112. The highest BCUT2D eigenvalue weighted by Crippen LogP contribution is 2.78. The lowest BCUT2D eigenvalue weighted by Gasteiger charge is -2.75. The van der Waals surface area contributed by atoms with Crippen LogP contribution in [0, 0.1) is 56.2 Å². The molecule has 0 saturated heterocycles. The fraction of sp³-hybridized carbons (Fsp3) is 0.967. The number of aliphatic hydroxyl groups is 1. The fourth-order valence-corrected chi connectivity index (χ4v) is 11.3. The number of carbonyl (C=O) groups is 1. The van der Waals surface area contributed by atoms with E-state index in [1.807, 2.05) is 0 Å². The smallest absolute Gasteiger partial charge is 0.125 e. The van der Waals surface area contributed by atoms with Crippen LogP contribution in [0.15, 0.2) is 0 Å². The van der Waals surface area contributed by atoms with Crippen molar-refractivity contribution in [2.24, 2.45) is 56.2 Å². The summed E-state index contributed by atoms with van der Waals surface area (Å²) in [5.41, 5.74) is 1.68. The van der Waals surface area contributed by atoms with Gasteiger partial charge in [0.15, 0.2) is 0 Å². The number of rotatable bonds is 1. The molecule has 1 N–H and O–H groups in total. The molecule has 0 spiro atoms. The number of hydrogen-bond donors (Lipinski definition) is 1. The van der Waals surface area contributed by atoms with Gasteiger partial charge in [-0.1, -0.05) is 48.5 Å². The molecule has 32 heavy (non-hydrogen) atoms. The van der Waals surface area contributed by atoms with Gasteiger partial charge in [0.2, 0.25) is 0 Å². The largest absolute Gasteiger partial charge is 0.393 e. The molecule has 2 nitrogen and oxygen atoms in total. The molecule has 0 aromatic heterocycles. The van der Waals surface area contributed by atoms with E-state index in [0.29, 0.717) is 33.5 Å². The summed E-state index contributed by atoms with van der Waals surface area (Å²) in [4.78, 5) is 12.1. The molecule has 5 aliphatic rings. The molecular weight excluding hydrogens is 392 g/mol. The Bertz CT molecular complexity index is 792. The molecule has 5 fully saturated rings. The van der Waals surface area contributed by atoms with E-state index in [-0.39, 0.29) is 16.9 Å². The van der Waals surface area contributed by atoms with Crippen LogP contribution in [-0.4, -0.2) is 17.5 Å². The Hall–Kier alpha value is -0.370. The van der Waals surface area contributed by atoms with E-state index in [9.17, 15) is 9.90 Å². The quantitative estimate of drug-likeness (QED) is 0.429. The lowest BCUT2D eigenvalue weighted by molar-refractivity contribution is -0.262. The predicted molar refractivity (Wildman–Crippen MR) is 131 cm³/mol. The highest BCUT2D eigenvalue weighted by Gasteiger charge is 2.70. The van der Waals surface area contributed by atoms with Gasteiger partial charge >= 0.3 is 0 Å². The molecular formula is C30H50O2. The van der Waals surface area contributed by atoms with Crippen LogP contribution in [0.3, 0.4) is 0 Å². The summed E-state index contributed by atoms with van der Waals surface area (Å²) in [7, 11) is 0. The highest BCUT2D eigenvalue weighted by molar-refractivity contribution is 5.59. The van der Waals surface area contributed by atoms with Crippen LogP contribution in [0.25, 0.3) is 0 Å². The Labute approximate surface area is 197 Å². The van der Waals surface area contributed by atoms with Crippen molar-refractivity contribution < 1.29 is 9.90 Å². The molecule has 0 aromatic carbocycles. The Morgan fingerprint density at radius 2 is 1.31 bits per heavy atom. The summed E-state index contributed by atoms with van der Waals surface area (Å²) in [6.07, 6.45) is 14.8. The fourth-order valence-electron chi connectivity index (χ4n) is 11.3. The molecule has 0 aliphatic heterocycles. The SMILES string of the molecule is C[C@H]1[C@@H](O)CC[C@@H]2[C@]1(C)CC[C@H]1[C@@]2(C)CC[C@@]2(C)[C@@H]3C[C@](C)(C=O)CC[C@]3(C)CC[C@]12C. The van der Waals surface area contributed by atoms with Gasteiger partial charge in [-0.15, -0.1) is 0 Å². The molecule has 0 amide bonds. The summed E-state index contributed by atoms with van der Waals surface area (Å²) >= 11 is 0. The number of carbonyl (C=O) groups excluding carboxylic acids is 1. The lowest BCUT2D eigenvalue weighted by atomic mass is 9.30. The Morgan fingerprint density at radius 1 is 0.688 bits per heavy atom. The van der Waals surface area contributed by atoms with E-state index in [2.05, 4.69) is 48.5 Å². The number of aliphatic hydroxyl groups excluding tert-OH is 1. The summed E-state index contributed by atoms with van der Waals surface area (Å²) < 4.78 is 0. The zero-order valence-electron chi connectivity index (χ0n) is 22.1. The van der Waals surface area contributed by atoms with Gasteiger partial charge in [-0.3, -0.25) is 0 Å². The van der Waals surface area contributed by atoms with Gasteiger partial charge in [-0.25, -0.2) is 0 Å². The maximum absolute atomic E-state index is 12.1. The van der Waals surface area contributed by atoms with Crippen LogP contribution in [0.5, 0.6) is 0 Å². The van der Waals surface area contributed by atoms with Crippen LogP contribution >= 0.6 is 0 Å². The van der Waals surface area contributed by atoms with Crippen molar-refractivity contribution in [2.45, 2.75) is 125 Å². The molecule has 0 heterocycles. The standard InChI is InChI=1S/C30H50O2/c1-20-21(32)8-9-22-27(20,4)11-10-23-28(22,5)15-17-30(7)24-18-25(2,19-31)12-13-26(24,3)14-16-29(23,30)6/h19-24,32H,8-18H2,1-7H3/t20-,21-,22+,23-,24+,25+,26+,27+,28-,29+,30-/m0/s1. The first kappa shape index (κ1) is 23.4. The van der Waals surface area contributed by atoms with Gasteiger partial charge in [0.25, 0.3) is 0 Å². The van der Waals surface area contributed by atoms with Gasteiger partial charge in [-0.2, -0.15) is 0 Å². The third-order valence-electron chi connectivity index (χ3n) is 14.0. The second-order valence-electron chi connectivity index (χ2n) is 15.1. The normalized spacial score (nSPS) is 62.2. The number of fused-ring (bicyclic) bond motifs is 7. The molecule has 182 valence electrons. The van der Waals surface area contributed by atoms with E-state index in [4.69, 9.17) is 0 Å². The van der Waals surface area contributed by atoms with Gasteiger partial charge in [0.1, 0.15) is 6.29 Å². The minimum atomic E-state index is -0.119. The maximum Gasteiger partial charge on any atom is 0.125 e. The summed E-state index contributed by atoms with van der Waals surface area (Å²) in [5, 5.41) is 10.7. The first-order chi connectivity index (χ1) is 14.8. The zero-order chi connectivity index (χ0) is 23.4. The van der Waals surface area contributed by atoms with E-state index in [1.54, 1.807) is 0 Å². The summed E-state index contributed by atoms with van der Waals surface area (Å²) in [6, 6.07) is 0. The lowest BCUT2D eigenvalue weighted by Crippen LogP contribution is -2.68. The second-order valence-corrected chi connectivity index (χ2v) is 15.1. The maximum atomic E-state index is 12.1. The summed E-state index contributed by atoms with van der Waals surface area (Å²) in [5.74, 6) is 2.61. The summed E-state index contributed by atoms with van der Waals surface area (Å²) in [6.45, 7) is 17.7. The van der Waals surface area contributed by atoms with Crippen molar-refractivity contribution in [3.63, 3.8) is 0 Å². The van der Waals surface area contributed by atoms with Gasteiger partial charge < -0.3 is 9.90 Å². The van der Waals surface area contributed by atoms with Crippen LogP contribution in [-0.2, 0) is 4.79 Å². The van der Waals surface area contributed by atoms with E-state index < -0.39 is 0 Å². The van der Waals surface area contributed by atoms with E-state index in [1.165, 1.54) is 57.7 Å². The van der Waals surface area contributed by atoms with Crippen LogP contribution in [0.2, 0.25) is 0 Å². The number of aldehydes is 1. The van der Waals surface area contributed by atoms with Gasteiger partial charge in [0, 0.05) is 5.41 Å². The van der Waals surface area contributed by atoms with Crippen molar-refractivity contribution in [1.82, 2.24) is 0 Å². The van der Waals surface area contributed by atoms with E-state index in [0.717, 1.165) is 31.1 Å². The Morgan fingerprint density at radius 3 is 2.00 bits per heavy atom. The Kier molecular flexibility index (Phi) is 5.01. The Balaban J connectivity index is 1.54. The molecule has 5 rings (SSSR count). The van der Waals surface area contributed by atoms with Crippen LogP contribution in [0.4, 0.5) is 0 Å². The van der Waals surface area contributed by atoms with Crippen molar-refractivity contribution >= 4 is 6.29 Å². The third kappa shape index (κ3) is 2.71. The molecule has 5 aliphatic carbocycles. The first-order valence-corrected chi connectivity index (χ1v) is 13.9. The van der Waals surface area contributed by atoms with Crippen molar-refractivity contribution in [2.75, 3.05) is 0 Å². The van der Waals surface area contributed by atoms with Crippen molar-refractivity contribution in [1.29, 1.82) is 0 Å².